The molecule has 14 heteroatoms. The highest BCUT2D eigenvalue weighted by molar-refractivity contribution is 5.87. The third kappa shape index (κ3) is 7.02. The van der Waals surface area contributed by atoms with Gasteiger partial charge in [0.2, 0.25) is 5.91 Å². The van der Waals surface area contributed by atoms with Crippen LogP contribution >= 0.6 is 0 Å². The summed E-state index contributed by atoms with van der Waals surface area (Å²) in [6.07, 6.45) is -11.1. The van der Waals surface area contributed by atoms with Crippen molar-refractivity contribution < 1.29 is 50.3 Å². The van der Waals surface area contributed by atoms with Crippen molar-refractivity contribution in [3.05, 3.63) is 70.5 Å². The van der Waals surface area contributed by atoms with Crippen molar-refractivity contribution in [2.75, 3.05) is 33.3 Å². The molecule has 2 N–H and O–H groups in total. The van der Waals surface area contributed by atoms with E-state index in [2.05, 4.69) is 5.32 Å². The van der Waals surface area contributed by atoms with Crippen LogP contribution in [0.2, 0.25) is 0 Å². The van der Waals surface area contributed by atoms with Gasteiger partial charge in [0.1, 0.15) is 5.82 Å². The van der Waals surface area contributed by atoms with Crippen LogP contribution in [0.25, 0.3) is 0 Å². The molecular weight excluding hydrogens is 551 g/mol. The lowest BCUT2D eigenvalue weighted by Crippen LogP contribution is -2.49. The molecule has 1 fully saturated rings. The van der Waals surface area contributed by atoms with Gasteiger partial charge >= 0.3 is 18.4 Å². The first-order chi connectivity index (χ1) is 18.4. The van der Waals surface area contributed by atoms with Gasteiger partial charge in [0.15, 0.2) is 0 Å². The molecule has 220 valence electrons. The number of halogens is 7. The summed E-state index contributed by atoms with van der Waals surface area (Å²) in [7, 11) is 1.35. The van der Waals surface area contributed by atoms with E-state index >= 15 is 0 Å². The second kappa shape index (κ2) is 11.6. The molecule has 0 unspecified atom stereocenters. The normalized spacial score (nSPS) is 18.5. The number of hydrogen-bond donors (Lipinski definition) is 2. The Kier molecular flexibility index (Phi) is 9.04. The lowest BCUT2D eigenvalue weighted by atomic mass is 9.80. The van der Waals surface area contributed by atoms with Crippen molar-refractivity contribution in [2.24, 2.45) is 0 Å². The van der Waals surface area contributed by atoms with Gasteiger partial charge in [-0.15, -0.1) is 5.06 Å². The van der Waals surface area contributed by atoms with Gasteiger partial charge < -0.3 is 20.2 Å². The third-order valence-electron chi connectivity index (χ3n) is 6.81. The smallest absolute Gasteiger partial charge is 0.395 e. The van der Waals surface area contributed by atoms with Gasteiger partial charge in [-0.1, -0.05) is 12.1 Å². The van der Waals surface area contributed by atoms with E-state index in [9.17, 15) is 40.3 Å². The molecule has 7 nitrogen and oxygen atoms in total. The van der Waals surface area contributed by atoms with E-state index in [0.29, 0.717) is 17.7 Å². The molecule has 0 radical (unpaired) electrons. The zero-order chi connectivity index (χ0) is 30.0. The van der Waals surface area contributed by atoms with E-state index < -0.39 is 64.2 Å². The minimum Gasteiger partial charge on any atom is -0.395 e. The molecule has 2 amide bonds. The highest BCUT2D eigenvalue weighted by Crippen LogP contribution is 2.40. The molecular formula is C26H28F7N3O4. The molecule has 0 bridgehead atoms. The van der Waals surface area contributed by atoms with Crippen molar-refractivity contribution in [3.63, 3.8) is 0 Å². The van der Waals surface area contributed by atoms with Crippen LogP contribution in [0.15, 0.2) is 42.5 Å². The largest absolute Gasteiger partial charge is 0.426 e. The maximum Gasteiger partial charge on any atom is 0.426 e. The number of aliphatic hydroxyl groups is 1. The Morgan fingerprint density at radius 1 is 0.975 bits per heavy atom. The Labute approximate surface area is 225 Å². The average Bonchev–Trinajstić information content (AvgIpc) is 3.29. The molecule has 3 rings (SSSR count). The highest BCUT2D eigenvalue weighted by Gasteiger charge is 2.45. The maximum absolute atomic E-state index is 13.7. The number of nitrogens with one attached hydrogen (secondary N) is 1. The van der Waals surface area contributed by atoms with Crippen LogP contribution in [0.5, 0.6) is 0 Å². The number of rotatable bonds is 7. The topological polar surface area (TPSA) is 82.1 Å². The van der Waals surface area contributed by atoms with E-state index in [1.165, 1.54) is 55.1 Å². The predicted molar refractivity (Wildman–Crippen MR) is 128 cm³/mol. The zero-order valence-electron chi connectivity index (χ0n) is 21.7. The summed E-state index contributed by atoms with van der Waals surface area (Å²) in [4.78, 5) is 32.2. The predicted octanol–water partition coefficient (Wildman–Crippen LogP) is 4.70. The number of alkyl halides is 6. The molecule has 0 aromatic heterocycles. The minimum absolute atomic E-state index is 0.00758. The van der Waals surface area contributed by atoms with Crippen LogP contribution in [-0.4, -0.2) is 66.4 Å². The second-order valence-corrected chi connectivity index (χ2v) is 9.94. The Balaban J connectivity index is 1.96. The summed E-state index contributed by atoms with van der Waals surface area (Å²) in [6.45, 7) is 2.00. The van der Waals surface area contributed by atoms with E-state index in [-0.39, 0.29) is 32.3 Å². The van der Waals surface area contributed by atoms with E-state index in [4.69, 9.17) is 9.94 Å². The molecule has 1 aliphatic rings. The number of amides is 2. The number of carbonyl (C=O) groups is 2. The Morgan fingerprint density at radius 2 is 1.50 bits per heavy atom. The first-order valence-electron chi connectivity index (χ1n) is 12.1. The molecule has 1 saturated heterocycles. The van der Waals surface area contributed by atoms with Crippen LogP contribution in [0, 0.1) is 5.82 Å². The van der Waals surface area contributed by atoms with Crippen molar-refractivity contribution in [2.45, 2.75) is 43.6 Å². The Bertz CT molecular complexity index is 1180. The van der Waals surface area contributed by atoms with Gasteiger partial charge in [-0.3, -0.25) is 4.79 Å². The summed E-state index contributed by atoms with van der Waals surface area (Å²) >= 11 is 0. The van der Waals surface area contributed by atoms with Gasteiger partial charge in [-0.2, -0.15) is 26.3 Å². The second-order valence-electron chi connectivity index (χ2n) is 9.94. The molecule has 2 atom stereocenters. The number of likely N-dealkylation sites (N-methyl/N-ethyl adjacent to an activating group) is 1. The quantitative estimate of drug-likeness (QED) is 0.465. The Hall–Kier alpha value is -3.39. The van der Waals surface area contributed by atoms with E-state index in [0.717, 1.165) is 0 Å². The standard InChI is InChI=1S/C26H28F7N3O4/c1-24(2,16-10-17(25(28,29)30)12-18(11-16)26(31,32)33)22(38)35(3)21-14-36(40-23(39)34-8-9-37)13-20(21)15-4-6-19(27)7-5-15/h4-7,10-12,20-21,37H,8-9,13-14H2,1-3H3,(H,34,39)/t20-,21+/m0/s1. The molecule has 2 aromatic rings. The maximum atomic E-state index is 13.7. The number of nitrogens with zero attached hydrogens (tertiary/aromatic N) is 2. The van der Waals surface area contributed by atoms with Gasteiger partial charge in [0.25, 0.3) is 0 Å². The molecule has 0 spiro atoms. The third-order valence-corrected chi connectivity index (χ3v) is 6.81. The summed E-state index contributed by atoms with van der Waals surface area (Å²) in [6, 6.07) is 5.58. The van der Waals surface area contributed by atoms with Crippen LogP contribution in [0.1, 0.15) is 42.0 Å². The first-order valence-corrected chi connectivity index (χ1v) is 12.1. The average molecular weight is 580 g/mol. The fraction of sp³-hybridized carbons (Fsp3) is 0.462. The number of benzene rings is 2. The summed E-state index contributed by atoms with van der Waals surface area (Å²) in [5.74, 6) is -1.88. The summed E-state index contributed by atoms with van der Waals surface area (Å²) in [5, 5.41) is 12.4. The van der Waals surface area contributed by atoms with Crippen LogP contribution < -0.4 is 5.32 Å². The molecule has 0 saturated carbocycles. The number of hydrogen-bond acceptors (Lipinski definition) is 5. The number of aliphatic hydroxyl groups excluding tert-OH is 1. The molecule has 0 aliphatic carbocycles. The van der Waals surface area contributed by atoms with Crippen molar-refractivity contribution in [3.8, 4) is 0 Å². The summed E-state index contributed by atoms with van der Waals surface area (Å²) < 4.78 is 94.4. The number of hydroxylamine groups is 2. The Morgan fingerprint density at radius 3 is 2.00 bits per heavy atom. The van der Waals surface area contributed by atoms with Gasteiger partial charge in [-0.05, 0) is 55.3 Å². The molecule has 2 aromatic carbocycles. The van der Waals surface area contributed by atoms with Gasteiger partial charge in [0, 0.05) is 26.1 Å². The minimum atomic E-state index is -5.09. The zero-order valence-corrected chi connectivity index (χ0v) is 21.7. The van der Waals surface area contributed by atoms with Crippen molar-refractivity contribution in [1.29, 1.82) is 0 Å². The van der Waals surface area contributed by atoms with E-state index in [1.807, 2.05) is 0 Å². The molecule has 40 heavy (non-hydrogen) atoms. The monoisotopic (exact) mass is 579 g/mol. The first kappa shape index (κ1) is 31.1. The van der Waals surface area contributed by atoms with Gasteiger partial charge in [-0.25, -0.2) is 9.18 Å². The fourth-order valence-corrected chi connectivity index (χ4v) is 4.59. The van der Waals surface area contributed by atoms with Gasteiger partial charge in [0.05, 0.1) is 35.7 Å². The fourth-order valence-electron chi connectivity index (χ4n) is 4.59. The van der Waals surface area contributed by atoms with Crippen molar-refractivity contribution in [1.82, 2.24) is 15.3 Å². The SMILES string of the molecule is CN(C(=O)C(C)(C)c1cc(C(F)(F)F)cc(C(F)(F)F)c1)[C@@H]1CN(OC(=O)NCCO)C[C@H]1c1ccc(F)cc1. The summed E-state index contributed by atoms with van der Waals surface area (Å²) in [5.41, 5.74) is -4.85. The van der Waals surface area contributed by atoms with E-state index in [1.54, 1.807) is 0 Å². The molecule has 1 aliphatic heterocycles. The van der Waals surface area contributed by atoms with Crippen LogP contribution in [0.4, 0.5) is 35.5 Å². The highest BCUT2D eigenvalue weighted by atomic mass is 19.4. The molecule has 1 heterocycles. The number of carbonyl (C=O) groups excluding carboxylic acids is 2. The lowest BCUT2D eigenvalue weighted by molar-refractivity contribution is -0.144. The van der Waals surface area contributed by atoms with Crippen LogP contribution in [0.3, 0.4) is 0 Å². The lowest BCUT2D eigenvalue weighted by Gasteiger charge is -2.36. The van der Waals surface area contributed by atoms with Crippen LogP contribution in [-0.2, 0) is 27.4 Å². The van der Waals surface area contributed by atoms with Crippen molar-refractivity contribution >= 4 is 12.0 Å².